The predicted octanol–water partition coefficient (Wildman–Crippen LogP) is 2.39. The van der Waals surface area contributed by atoms with E-state index in [1.165, 1.54) is 0 Å². The Morgan fingerprint density at radius 2 is 1.75 bits per heavy atom. The van der Waals surface area contributed by atoms with E-state index in [-0.39, 0.29) is 11.3 Å². The largest absolute Gasteiger partial charge is 0.310 e. The van der Waals surface area contributed by atoms with Gasteiger partial charge in [0.2, 0.25) is 5.91 Å². The zero-order valence-corrected chi connectivity index (χ0v) is 18.7. The highest BCUT2D eigenvalue weighted by Gasteiger charge is 2.71. The molecule has 32 heavy (non-hydrogen) atoms. The lowest BCUT2D eigenvalue weighted by Crippen LogP contribution is -2.70. The molecule has 4 fully saturated rings. The van der Waals surface area contributed by atoms with Crippen LogP contribution in [0.25, 0.3) is 22.0 Å². The maximum absolute atomic E-state index is 13.1. The molecule has 3 aliphatic carbocycles. The molecule has 0 aromatic carbocycles. The molecule has 0 atom stereocenters. The van der Waals surface area contributed by atoms with E-state index in [1.807, 2.05) is 31.6 Å². The highest BCUT2D eigenvalue weighted by molar-refractivity contribution is 5.98. The molecule has 0 radical (unpaired) electrons. The summed E-state index contributed by atoms with van der Waals surface area (Å²) >= 11 is 0. The fourth-order valence-electron chi connectivity index (χ4n) is 5.95. The number of anilines is 1. The Hall–Kier alpha value is -2.84. The molecule has 8 heteroatoms. The summed E-state index contributed by atoms with van der Waals surface area (Å²) in [5.41, 5.74) is 2.02. The zero-order valence-electron chi connectivity index (χ0n) is 18.7. The van der Waals surface area contributed by atoms with E-state index >= 15 is 0 Å². The van der Waals surface area contributed by atoms with E-state index in [4.69, 9.17) is 0 Å². The van der Waals surface area contributed by atoms with Crippen molar-refractivity contribution in [3.63, 3.8) is 0 Å². The first-order valence-electron chi connectivity index (χ1n) is 11.4. The Balaban J connectivity index is 1.11. The number of amides is 1. The number of carbonyl (C=O) groups excluding carboxylic acids is 1. The van der Waals surface area contributed by atoms with Gasteiger partial charge in [-0.25, -0.2) is 4.98 Å². The minimum absolute atomic E-state index is 0.131. The third-order valence-electron chi connectivity index (χ3n) is 7.62. The average molecular weight is 432 g/mol. The van der Waals surface area contributed by atoms with Crippen LogP contribution in [-0.2, 0) is 11.8 Å². The van der Waals surface area contributed by atoms with Crippen molar-refractivity contribution in [2.45, 2.75) is 19.3 Å². The van der Waals surface area contributed by atoms with Crippen molar-refractivity contribution in [1.82, 2.24) is 29.5 Å². The zero-order chi connectivity index (χ0) is 21.9. The van der Waals surface area contributed by atoms with E-state index in [1.54, 1.807) is 17.1 Å². The van der Waals surface area contributed by atoms with Crippen LogP contribution in [0.15, 0.2) is 36.9 Å². The van der Waals surface area contributed by atoms with Gasteiger partial charge in [0.15, 0.2) is 0 Å². The van der Waals surface area contributed by atoms with Crippen molar-refractivity contribution in [2.75, 3.05) is 45.1 Å². The Bertz CT molecular complexity index is 1170. The van der Waals surface area contributed by atoms with Gasteiger partial charge in [0, 0.05) is 69.3 Å². The van der Waals surface area contributed by atoms with Gasteiger partial charge in [-0.05, 0) is 49.2 Å². The average Bonchev–Trinajstić information content (AvgIpc) is 3.16. The van der Waals surface area contributed by atoms with Crippen molar-refractivity contribution in [2.24, 2.45) is 17.9 Å². The number of hydrogen-bond donors (Lipinski definition) is 1. The van der Waals surface area contributed by atoms with Crippen molar-refractivity contribution in [1.29, 1.82) is 0 Å². The molecule has 0 spiro atoms. The summed E-state index contributed by atoms with van der Waals surface area (Å²) in [7, 11) is 4.08. The van der Waals surface area contributed by atoms with Crippen molar-refractivity contribution in [3.05, 3.63) is 36.9 Å². The first-order chi connectivity index (χ1) is 15.4. The standard InChI is InChI=1S/C24H29N7O/c1-29-3-5-31(6-4-29)16-23-13-24(14-23,15-23)22(32)28-21-8-17-7-20(19-11-27-30(2)12-19)25-9-18(17)10-26-21/h7-12H,3-6,13-16H2,1-2H3,(H,26,28,32). The lowest BCUT2D eigenvalue weighted by atomic mass is 9.34. The SMILES string of the molecule is CN1CCN(CC23CC(C(=O)Nc4cc5cc(-c6cnn(C)c6)ncc5cn4)(C2)C3)CC1. The first kappa shape index (κ1) is 19.8. The Kier molecular flexibility index (Phi) is 4.39. The fourth-order valence-corrected chi connectivity index (χ4v) is 5.95. The minimum atomic E-state index is -0.178. The summed E-state index contributed by atoms with van der Waals surface area (Å²) in [6.07, 6.45) is 10.4. The Morgan fingerprint density at radius 1 is 1.00 bits per heavy atom. The van der Waals surface area contributed by atoms with E-state index < -0.39 is 0 Å². The molecular weight excluding hydrogens is 402 g/mol. The highest BCUT2D eigenvalue weighted by Crippen LogP contribution is 2.73. The molecule has 4 heterocycles. The molecule has 3 aromatic heterocycles. The quantitative estimate of drug-likeness (QED) is 0.668. The lowest BCUT2D eigenvalue weighted by molar-refractivity contribution is -0.210. The Morgan fingerprint density at radius 3 is 2.47 bits per heavy atom. The van der Waals surface area contributed by atoms with Gasteiger partial charge in [-0.1, -0.05) is 0 Å². The summed E-state index contributed by atoms with van der Waals surface area (Å²) < 4.78 is 1.76. The number of aryl methyl sites for hydroxylation is 1. The van der Waals surface area contributed by atoms with Crippen molar-refractivity contribution >= 4 is 22.5 Å². The number of fused-ring (bicyclic) bond motifs is 1. The second kappa shape index (κ2) is 7.08. The van der Waals surface area contributed by atoms with Crippen LogP contribution < -0.4 is 5.32 Å². The summed E-state index contributed by atoms with van der Waals surface area (Å²) in [6, 6.07) is 3.97. The van der Waals surface area contributed by atoms with Crippen LogP contribution in [0.3, 0.4) is 0 Å². The van der Waals surface area contributed by atoms with E-state index in [0.717, 1.165) is 74.0 Å². The van der Waals surface area contributed by atoms with Gasteiger partial charge in [-0.3, -0.25) is 14.5 Å². The molecular formula is C24H29N7O. The van der Waals surface area contributed by atoms with Crippen LogP contribution in [0.2, 0.25) is 0 Å². The number of pyridine rings is 2. The molecule has 7 rings (SSSR count). The minimum Gasteiger partial charge on any atom is -0.310 e. The number of nitrogens with one attached hydrogen (secondary N) is 1. The highest BCUT2D eigenvalue weighted by atomic mass is 16.2. The van der Waals surface area contributed by atoms with E-state index in [2.05, 4.69) is 37.2 Å². The monoisotopic (exact) mass is 431 g/mol. The predicted molar refractivity (Wildman–Crippen MR) is 123 cm³/mol. The van der Waals surface area contributed by atoms with Gasteiger partial charge < -0.3 is 15.1 Å². The molecule has 3 aromatic rings. The lowest BCUT2D eigenvalue weighted by Gasteiger charge is -2.70. The smallest absolute Gasteiger partial charge is 0.231 e. The summed E-state index contributed by atoms with van der Waals surface area (Å²) in [6.45, 7) is 5.73. The van der Waals surface area contributed by atoms with Gasteiger partial charge in [0.05, 0.1) is 17.3 Å². The van der Waals surface area contributed by atoms with E-state index in [9.17, 15) is 4.79 Å². The number of carbonyl (C=O) groups is 1. The fraction of sp³-hybridized carbons (Fsp3) is 0.500. The summed E-state index contributed by atoms with van der Waals surface area (Å²) in [5.74, 6) is 0.745. The number of likely N-dealkylation sites (N-methyl/N-ethyl adjacent to an activating group) is 1. The van der Waals surface area contributed by atoms with Gasteiger partial charge in [-0.2, -0.15) is 5.10 Å². The van der Waals surface area contributed by atoms with Crippen molar-refractivity contribution in [3.8, 4) is 11.3 Å². The molecule has 1 saturated heterocycles. The van der Waals surface area contributed by atoms with Crippen LogP contribution in [0, 0.1) is 10.8 Å². The van der Waals surface area contributed by atoms with Gasteiger partial charge in [0.1, 0.15) is 5.82 Å². The molecule has 0 unspecified atom stereocenters. The molecule has 166 valence electrons. The molecule has 1 aliphatic heterocycles. The maximum atomic E-state index is 13.1. The number of hydrogen-bond acceptors (Lipinski definition) is 6. The van der Waals surface area contributed by atoms with Crippen LogP contribution in [0.5, 0.6) is 0 Å². The number of rotatable bonds is 5. The van der Waals surface area contributed by atoms with Gasteiger partial charge >= 0.3 is 0 Å². The molecule has 4 aliphatic rings. The second-order valence-electron chi connectivity index (χ2n) is 10.2. The third-order valence-corrected chi connectivity index (χ3v) is 7.62. The normalized spacial score (nSPS) is 27.7. The number of aromatic nitrogens is 4. The summed E-state index contributed by atoms with van der Waals surface area (Å²) in [5, 5.41) is 9.28. The van der Waals surface area contributed by atoms with Crippen molar-refractivity contribution < 1.29 is 4.79 Å². The maximum Gasteiger partial charge on any atom is 0.231 e. The molecule has 1 N–H and O–H groups in total. The van der Waals surface area contributed by atoms with Crippen LogP contribution in [0.4, 0.5) is 5.82 Å². The number of piperazine rings is 1. The topological polar surface area (TPSA) is 79.2 Å². The van der Waals surface area contributed by atoms with E-state index in [0.29, 0.717) is 11.2 Å². The molecule has 2 bridgehead atoms. The van der Waals surface area contributed by atoms with Crippen LogP contribution in [-0.4, -0.2) is 75.2 Å². The van der Waals surface area contributed by atoms with Crippen LogP contribution in [0.1, 0.15) is 19.3 Å². The van der Waals surface area contributed by atoms with Gasteiger partial charge in [0.25, 0.3) is 0 Å². The molecule has 1 amide bonds. The Labute approximate surface area is 187 Å². The van der Waals surface area contributed by atoms with Gasteiger partial charge in [-0.15, -0.1) is 0 Å². The first-order valence-corrected chi connectivity index (χ1v) is 11.4. The summed E-state index contributed by atoms with van der Waals surface area (Å²) in [4.78, 5) is 27.0. The third kappa shape index (κ3) is 3.29. The molecule has 8 nitrogen and oxygen atoms in total. The second-order valence-corrected chi connectivity index (χ2v) is 10.2. The number of nitrogens with zero attached hydrogens (tertiary/aromatic N) is 6. The molecule has 3 saturated carbocycles. The van der Waals surface area contributed by atoms with Crippen LogP contribution >= 0.6 is 0 Å².